The van der Waals surface area contributed by atoms with Gasteiger partial charge in [-0.2, -0.15) is 0 Å². The largest absolute Gasteiger partial charge is 0.403 e. The smallest absolute Gasteiger partial charge is 0.165 e. The Bertz CT molecular complexity index is 614. The second-order valence-corrected chi connectivity index (χ2v) is 5.86. The zero-order valence-electron chi connectivity index (χ0n) is 13.1. The molecule has 0 saturated heterocycles. The maximum atomic E-state index is 13.8. The Morgan fingerprint density at radius 2 is 1.61 bits per heavy atom. The molecular formula is C16H18BF4NO. The summed E-state index contributed by atoms with van der Waals surface area (Å²) in [5, 5.41) is -1.27. The molecule has 1 unspecified atom stereocenters. The molecule has 0 aliphatic rings. The molecule has 0 bridgehead atoms. The molecule has 1 aromatic rings. The van der Waals surface area contributed by atoms with Crippen molar-refractivity contribution in [2.45, 2.75) is 44.8 Å². The minimum atomic E-state index is -1.48. The lowest BCUT2D eigenvalue weighted by molar-refractivity contribution is -0.121. The van der Waals surface area contributed by atoms with Crippen LogP contribution in [0.3, 0.4) is 0 Å². The fraction of sp³-hybridized carbons (Fsp3) is 0.438. The highest BCUT2D eigenvalue weighted by molar-refractivity contribution is 6.28. The second-order valence-electron chi connectivity index (χ2n) is 5.86. The summed E-state index contributed by atoms with van der Waals surface area (Å²) in [5.41, 5.74) is 4.23. The quantitative estimate of drug-likeness (QED) is 0.472. The molecule has 0 aromatic heterocycles. The van der Waals surface area contributed by atoms with Gasteiger partial charge in [0.15, 0.2) is 23.3 Å². The molecule has 124 valence electrons. The number of allylic oxidation sites excluding steroid dienone is 1. The number of nitrogens with two attached hydrogens (primary N) is 1. The molecule has 23 heavy (non-hydrogen) atoms. The van der Waals surface area contributed by atoms with Crippen LogP contribution >= 0.6 is 0 Å². The lowest BCUT2D eigenvalue weighted by Crippen LogP contribution is -2.22. The number of halogens is 4. The summed E-state index contributed by atoms with van der Waals surface area (Å²) in [4.78, 5) is 12.1. The number of benzene rings is 1. The van der Waals surface area contributed by atoms with E-state index in [4.69, 9.17) is 13.6 Å². The fourth-order valence-corrected chi connectivity index (χ4v) is 2.09. The minimum absolute atomic E-state index is 0.211. The van der Waals surface area contributed by atoms with Crippen molar-refractivity contribution in [1.82, 2.24) is 0 Å². The van der Waals surface area contributed by atoms with Crippen LogP contribution in [0.25, 0.3) is 0 Å². The van der Waals surface area contributed by atoms with Crippen molar-refractivity contribution >= 4 is 13.6 Å². The van der Waals surface area contributed by atoms with Gasteiger partial charge in [-0.25, -0.2) is 17.6 Å². The second kappa shape index (κ2) is 7.19. The van der Waals surface area contributed by atoms with Gasteiger partial charge in [-0.1, -0.05) is 13.5 Å². The first kappa shape index (κ1) is 19.3. The normalized spacial score (nSPS) is 13.7. The van der Waals surface area contributed by atoms with Crippen molar-refractivity contribution in [2.24, 2.45) is 5.73 Å². The van der Waals surface area contributed by atoms with Crippen LogP contribution in [0.1, 0.15) is 37.3 Å². The third kappa shape index (κ3) is 4.36. The maximum absolute atomic E-state index is 13.8. The summed E-state index contributed by atoms with van der Waals surface area (Å²) >= 11 is 0. The van der Waals surface area contributed by atoms with Crippen LogP contribution in [-0.4, -0.2) is 13.6 Å². The van der Waals surface area contributed by atoms with Gasteiger partial charge in [0.1, 0.15) is 5.78 Å². The number of rotatable bonds is 7. The van der Waals surface area contributed by atoms with Gasteiger partial charge in [-0.3, -0.25) is 4.79 Å². The first-order valence-corrected chi connectivity index (χ1v) is 7.06. The van der Waals surface area contributed by atoms with E-state index in [0.717, 1.165) is 6.92 Å². The van der Waals surface area contributed by atoms with E-state index in [1.165, 1.54) is 6.92 Å². The van der Waals surface area contributed by atoms with Crippen LogP contribution in [0.2, 0.25) is 5.31 Å². The van der Waals surface area contributed by atoms with Gasteiger partial charge in [0.05, 0.1) is 7.85 Å². The zero-order chi connectivity index (χ0) is 17.9. The van der Waals surface area contributed by atoms with Crippen molar-refractivity contribution in [3.05, 3.63) is 46.7 Å². The molecule has 0 aliphatic heterocycles. The highest BCUT2D eigenvalue weighted by atomic mass is 19.2. The monoisotopic (exact) mass is 327 g/mol. The number of hydrogen-bond acceptors (Lipinski definition) is 2. The number of Topliss-reactive ketones (excluding diaryl/α,β-unsaturated/α-hetero) is 1. The lowest BCUT2D eigenvalue weighted by atomic mass is 9.63. The van der Waals surface area contributed by atoms with Gasteiger partial charge in [0, 0.05) is 23.2 Å². The predicted molar refractivity (Wildman–Crippen MR) is 81.0 cm³/mol. The summed E-state index contributed by atoms with van der Waals surface area (Å²) in [5.74, 6) is -6.37. The molecule has 0 fully saturated rings. The zero-order valence-corrected chi connectivity index (χ0v) is 13.1. The van der Waals surface area contributed by atoms with E-state index in [1.54, 1.807) is 0 Å². The summed E-state index contributed by atoms with van der Waals surface area (Å²) < 4.78 is 54.5. The van der Waals surface area contributed by atoms with E-state index in [9.17, 15) is 22.4 Å². The first-order valence-electron chi connectivity index (χ1n) is 7.06. The molecule has 0 amide bonds. The standard InChI is InChI=1S/C16H18BF4NO/c1-8(22)6-7-16(3,17)11(23)5-4-10-14(20)12(18)9(2)13(19)15(10)21/h1,4-7,22H2,2-3H3. The molecule has 1 atom stereocenters. The predicted octanol–water partition coefficient (Wildman–Crippen LogP) is 3.65. The van der Waals surface area contributed by atoms with Gasteiger partial charge in [-0.05, 0) is 31.5 Å². The Morgan fingerprint density at radius 3 is 2.04 bits per heavy atom. The molecular weight excluding hydrogens is 309 g/mol. The van der Waals surface area contributed by atoms with Crippen LogP contribution in [-0.2, 0) is 11.2 Å². The summed E-state index contributed by atoms with van der Waals surface area (Å²) in [6.07, 6.45) is -0.307. The van der Waals surface area contributed by atoms with Crippen molar-refractivity contribution in [3.63, 3.8) is 0 Å². The summed E-state index contributed by atoms with van der Waals surface area (Å²) in [7, 11) is 5.85. The average Bonchev–Trinajstić information content (AvgIpc) is 2.48. The van der Waals surface area contributed by atoms with Gasteiger partial charge < -0.3 is 5.73 Å². The van der Waals surface area contributed by atoms with Crippen LogP contribution < -0.4 is 5.73 Å². The molecule has 0 saturated carbocycles. The van der Waals surface area contributed by atoms with Gasteiger partial charge in [-0.15, -0.1) is 0 Å². The summed E-state index contributed by atoms with van der Waals surface area (Å²) in [6.45, 7) is 5.88. The number of carbonyl (C=O) groups is 1. The van der Waals surface area contributed by atoms with Gasteiger partial charge >= 0.3 is 0 Å². The van der Waals surface area contributed by atoms with E-state index >= 15 is 0 Å². The topological polar surface area (TPSA) is 43.1 Å². The molecule has 0 aliphatic carbocycles. The number of ketones is 1. The lowest BCUT2D eigenvalue weighted by Gasteiger charge is -2.23. The molecule has 1 rings (SSSR count). The molecule has 7 heteroatoms. The summed E-state index contributed by atoms with van der Waals surface area (Å²) in [6, 6.07) is 0. The van der Waals surface area contributed by atoms with Crippen LogP contribution in [0, 0.1) is 30.2 Å². The Balaban J connectivity index is 2.91. The Morgan fingerprint density at radius 1 is 1.13 bits per heavy atom. The molecule has 2 radical (unpaired) electrons. The molecule has 2 nitrogen and oxygen atoms in total. The molecule has 2 N–H and O–H groups in total. The number of carbonyl (C=O) groups excluding carboxylic acids is 1. The van der Waals surface area contributed by atoms with Crippen molar-refractivity contribution in [1.29, 1.82) is 0 Å². The van der Waals surface area contributed by atoms with Crippen LogP contribution in [0.4, 0.5) is 17.6 Å². The Kier molecular flexibility index (Phi) is 6.02. The molecule has 0 spiro atoms. The van der Waals surface area contributed by atoms with Crippen molar-refractivity contribution in [2.75, 3.05) is 0 Å². The third-order valence-corrected chi connectivity index (χ3v) is 3.78. The highest BCUT2D eigenvalue weighted by Gasteiger charge is 2.28. The average molecular weight is 327 g/mol. The van der Waals surface area contributed by atoms with Gasteiger partial charge in [0.25, 0.3) is 0 Å². The van der Waals surface area contributed by atoms with E-state index in [-0.39, 0.29) is 12.8 Å². The van der Waals surface area contributed by atoms with E-state index in [2.05, 4.69) is 6.58 Å². The van der Waals surface area contributed by atoms with E-state index in [1.807, 2.05) is 0 Å². The SMILES string of the molecule is [B]C(C)(CCC(=C)N)C(=O)CCc1c(F)c(F)c(C)c(F)c1F. The Hall–Kier alpha value is -1.79. The fourth-order valence-electron chi connectivity index (χ4n) is 2.09. The van der Waals surface area contributed by atoms with Crippen LogP contribution in [0.5, 0.6) is 0 Å². The highest BCUT2D eigenvalue weighted by Crippen LogP contribution is 2.32. The van der Waals surface area contributed by atoms with Crippen molar-refractivity contribution < 1.29 is 22.4 Å². The van der Waals surface area contributed by atoms with Crippen LogP contribution in [0.15, 0.2) is 12.3 Å². The molecule has 1 aromatic carbocycles. The third-order valence-electron chi connectivity index (χ3n) is 3.78. The Labute approximate surface area is 134 Å². The van der Waals surface area contributed by atoms with Gasteiger partial charge in [0.2, 0.25) is 0 Å². The van der Waals surface area contributed by atoms with E-state index < -0.39 is 51.9 Å². The molecule has 0 heterocycles. The van der Waals surface area contributed by atoms with Crippen molar-refractivity contribution in [3.8, 4) is 0 Å². The first-order chi connectivity index (χ1) is 10.5. The maximum Gasteiger partial charge on any atom is 0.165 e. The van der Waals surface area contributed by atoms with E-state index in [0.29, 0.717) is 12.1 Å². The number of hydrogen-bond donors (Lipinski definition) is 1. The minimum Gasteiger partial charge on any atom is -0.403 e.